The average Bonchev–Trinajstić information content (AvgIpc) is 3.16. The number of urea groups is 1. The zero-order valence-corrected chi connectivity index (χ0v) is 18.2. The number of rotatable bonds is 6. The summed E-state index contributed by atoms with van der Waals surface area (Å²) in [5, 5.41) is 15.5. The van der Waals surface area contributed by atoms with E-state index >= 15 is 0 Å². The summed E-state index contributed by atoms with van der Waals surface area (Å²) in [5.41, 5.74) is 3.16. The lowest BCUT2D eigenvalue weighted by atomic mass is 10.2. The second-order valence-electron chi connectivity index (χ2n) is 7.33. The molecule has 0 atom stereocenters. The summed E-state index contributed by atoms with van der Waals surface area (Å²) in [6, 6.07) is 11.4. The van der Waals surface area contributed by atoms with Crippen LogP contribution in [0.15, 0.2) is 53.5 Å². The van der Waals surface area contributed by atoms with Crippen molar-refractivity contribution in [2.24, 2.45) is 0 Å². The molecule has 0 radical (unpaired) electrons. The van der Waals surface area contributed by atoms with Crippen molar-refractivity contribution in [1.29, 1.82) is 0 Å². The second-order valence-corrected chi connectivity index (χ2v) is 7.33. The van der Waals surface area contributed by atoms with Crippen molar-refractivity contribution >= 4 is 29.0 Å². The molecule has 168 valence electrons. The number of pyridine rings is 1. The number of carbonyl (C=O) groups excluding carboxylic acids is 1. The van der Waals surface area contributed by atoms with Gasteiger partial charge in [0.05, 0.1) is 11.4 Å². The second kappa shape index (κ2) is 9.22. The van der Waals surface area contributed by atoms with Gasteiger partial charge in [-0.25, -0.2) is 9.78 Å². The van der Waals surface area contributed by atoms with Gasteiger partial charge in [0.2, 0.25) is 5.56 Å². The molecule has 0 spiro atoms. The molecule has 0 unspecified atom stereocenters. The van der Waals surface area contributed by atoms with Crippen molar-refractivity contribution in [2.75, 3.05) is 16.0 Å². The Bertz CT molecular complexity index is 1340. The van der Waals surface area contributed by atoms with Crippen LogP contribution in [0, 0.1) is 20.8 Å². The van der Waals surface area contributed by atoms with E-state index in [1.165, 1.54) is 18.3 Å². The summed E-state index contributed by atoms with van der Waals surface area (Å²) in [4.78, 5) is 34.5. The maximum atomic E-state index is 12.2. The van der Waals surface area contributed by atoms with Crippen molar-refractivity contribution in [2.45, 2.75) is 20.8 Å². The molecule has 2 amide bonds. The van der Waals surface area contributed by atoms with Crippen molar-refractivity contribution in [3.8, 4) is 11.8 Å². The molecular weight excluding hydrogens is 424 g/mol. The summed E-state index contributed by atoms with van der Waals surface area (Å²) in [6.45, 7) is 5.58. The smallest absolute Gasteiger partial charge is 0.324 e. The Kier molecular flexibility index (Phi) is 6.02. The number of aromatic amines is 2. The van der Waals surface area contributed by atoms with Crippen LogP contribution in [0.5, 0.6) is 11.8 Å². The number of hydrogen-bond acceptors (Lipinski definition) is 7. The summed E-state index contributed by atoms with van der Waals surface area (Å²) < 4.78 is 5.89. The maximum Gasteiger partial charge on any atom is 0.324 e. The molecule has 3 aromatic heterocycles. The Balaban J connectivity index is 1.43. The van der Waals surface area contributed by atoms with E-state index in [1.54, 1.807) is 24.3 Å². The van der Waals surface area contributed by atoms with Crippen LogP contribution in [0.3, 0.4) is 0 Å². The van der Waals surface area contributed by atoms with Crippen molar-refractivity contribution in [1.82, 2.24) is 25.1 Å². The summed E-state index contributed by atoms with van der Waals surface area (Å²) in [6.07, 6.45) is 1.42. The third kappa shape index (κ3) is 5.73. The molecule has 1 aromatic carbocycles. The molecule has 11 heteroatoms. The van der Waals surface area contributed by atoms with Gasteiger partial charge in [0.25, 0.3) is 0 Å². The number of benzene rings is 1. The van der Waals surface area contributed by atoms with Gasteiger partial charge in [0, 0.05) is 35.8 Å². The van der Waals surface area contributed by atoms with E-state index in [0.717, 1.165) is 17.0 Å². The quantitative estimate of drug-likeness (QED) is 0.300. The summed E-state index contributed by atoms with van der Waals surface area (Å²) in [7, 11) is 0. The standard InChI is InChI=1S/C22H22N8O3/c1-12-8-15(25-21(32)26-16-5-7-20(31)23-11-16)4-6-17(12)33-22-24-13(2)9-18(28-22)27-19-10-14(3)29-30-19/h4-11H,1-3H3,(H,23,31)(H2,25,26,32)(H2,24,27,28,29,30). The first-order chi connectivity index (χ1) is 15.8. The molecule has 0 saturated heterocycles. The Morgan fingerprint density at radius 2 is 1.73 bits per heavy atom. The lowest BCUT2D eigenvalue weighted by Crippen LogP contribution is -2.20. The molecule has 0 aliphatic rings. The lowest BCUT2D eigenvalue weighted by Gasteiger charge is -2.12. The highest BCUT2D eigenvalue weighted by Gasteiger charge is 2.10. The number of aromatic nitrogens is 5. The minimum Gasteiger partial charge on any atom is -0.424 e. The fraction of sp³-hybridized carbons (Fsp3) is 0.136. The molecule has 33 heavy (non-hydrogen) atoms. The van der Waals surface area contributed by atoms with E-state index in [1.807, 2.05) is 26.8 Å². The number of nitrogens with zero attached hydrogens (tertiary/aromatic N) is 3. The van der Waals surface area contributed by atoms with E-state index in [0.29, 0.717) is 28.8 Å². The third-order valence-electron chi connectivity index (χ3n) is 4.48. The van der Waals surface area contributed by atoms with Crippen LogP contribution in [-0.2, 0) is 0 Å². The first-order valence-electron chi connectivity index (χ1n) is 10.0. The van der Waals surface area contributed by atoms with E-state index in [4.69, 9.17) is 4.74 Å². The Morgan fingerprint density at radius 1 is 0.939 bits per heavy atom. The molecule has 4 aromatic rings. The van der Waals surface area contributed by atoms with Gasteiger partial charge in [-0.3, -0.25) is 9.89 Å². The van der Waals surface area contributed by atoms with Gasteiger partial charge >= 0.3 is 12.0 Å². The first-order valence-corrected chi connectivity index (χ1v) is 10.0. The van der Waals surface area contributed by atoms with Gasteiger partial charge in [-0.1, -0.05) is 0 Å². The van der Waals surface area contributed by atoms with Crippen LogP contribution in [0.1, 0.15) is 17.0 Å². The summed E-state index contributed by atoms with van der Waals surface area (Å²) in [5.74, 6) is 1.83. The molecule has 0 saturated carbocycles. The first kappa shape index (κ1) is 21.6. The normalized spacial score (nSPS) is 10.5. The number of carbonyl (C=O) groups is 1. The molecule has 0 aliphatic heterocycles. The van der Waals surface area contributed by atoms with Crippen LogP contribution in [0.4, 0.5) is 27.8 Å². The molecule has 4 rings (SSSR count). The van der Waals surface area contributed by atoms with Gasteiger partial charge in [0.15, 0.2) is 0 Å². The van der Waals surface area contributed by atoms with Gasteiger partial charge < -0.3 is 25.7 Å². The van der Waals surface area contributed by atoms with Crippen molar-refractivity contribution in [3.63, 3.8) is 0 Å². The lowest BCUT2D eigenvalue weighted by molar-refractivity contribution is 0.262. The highest BCUT2D eigenvalue weighted by molar-refractivity contribution is 5.99. The van der Waals surface area contributed by atoms with Crippen LogP contribution in [0.25, 0.3) is 0 Å². The van der Waals surface area contributed by atoms with Gasteiger partial charge in [0.1, 0.15) is 17.4 Å². The molecular formula is C22H22N8O3. The fourth-order valence-corrected chi connectivity index (χ4v) is 3.00. The minimum atomic E-state index is -0.443. The number of anilines is 4. The van der Waals surface area contributed by atoms with Crippen LogP contribution >= 0.6 is 0 Å². The maximum absolute atomic E-state index is 12.2. The van der Waals surface area contributed by atoms with Gasteiger partial charge in [-0.15, -0.1) is 0 Å². The number of nitrogens with one attached hydrogen (secondary N) is 5. The SMILES string of the molecule is Cc1cc(Nc2cc(C)nc(Oc3ccc(NC(=O)Nc4ccc(=O)[nH]c4)cc3C)n2)[nH]n1. The van der Waals surface area contributed by atoms with E-state index in [-0.39, 0.29) is 11.6 Å². The largest absolute Gasteiger partial charge is 0.424 e. The van der Waals surface area contributed by atoms with Crippen LogP contribution < -0.4 is 26.2 Å². The third-order valence-corrected chi connectivity index (χ3v) is 4.48. The highest BCUT2D eigenvalue weighted by atomic mass is 16.5. The highest BCUT2D eigenvalue weighted by Crippen LogP contribution is 2.27. The van der Waals surface area contributed by atoms with Crippen LogP contribution in [-0.4, -0.2) is 31.2 Å². The fourth-order valence-electron chi connectivity index (χ4n) is 3.00. The molecule has 3 heterocycles. The number of H-pyrrole nitrogens is 2. The average molecular weight is 446 g/mol. The molecule has 0 fully saturated rings. The molecule has 0 bridgehead atoms. The van der Waals surface area contributed by atoms with E-state index in [9.17, 15) is 9.59 Å². The summed E-state index contributed by atoms with van der Waals surface area (Å²) >= 11 is 0. The predicted molar refractivity (Wildman–Crippen MR) is 124 cm³/mol. The zero-order valence-electron chi connectivity index (χ0n) is 18.2. The van der Waals surface area contributed by atoms with Gasteiger partial charge in [-0.2, -0.15) is 10.1 Å². The Morgan fingerprint density at radius 3 is 2.42 bits per heavy atom. The number of aryl methyl sites for hydroxylation is 3. The number of hydrogen-bond donors (Lipinski definition) is 5. The predicted octanol–water partition coefficient (Wildman–Crippen LogP) is 3.99. The number of amides is 2. The van der Waals surface area contributed by atoms with Gasteiger partial charge in [-0.05, 0) is 50.6 Å². The zero-order chi connectivity index (χ0) is 23.4. The molecule has 11 nitrogen and oxygen atoms in total. The minimum absolute atomic E-state index is 0.188. The van der Waals surface area contributed by atoms with E-state index < -0.39 is 6.03 Å². The monoisotopic (exact) mass is 446 g/mol. The van der Waals surface area contributed by atoms with Crippen LogP contribution in [0.2, 0.25) is 0 Å². The number of ether oxygens (including phenoxy) is 1. The Labute approximate surface area is 188 Å². The van der Waals surface area contributed by atoms with Crippen molar-refractivity contribution < 1.29 is 9.53 Å². The van der Waals surface area contributed by atoms with E-state index in [2.05, 4.69) is 41.1 Å². The topological polar surface area (TPSA) is 150 Å². The molecule has 5 N–H and O–H groups in total. The molecule has 0 aliphatic carbocycles. The van der Waals surface area contributed by atoms with Crippen molar-refractivity contribution in [3.05, 3.63) is 76.0 Å². The Hall–Kier alpha value is -4.67.